The van der Waals surface area contributed by atoms with Gasteiger partial charge in [-0.1, -0.05) is 24.3 Å². The second-order valence-corrected chi connectivity index (χ2v) is 11.1. The van der Waals surface area contributed by atoms with Crippen molar-refractivity contribution in [2.75, 3.05) is 18.1 Å². The Morgan fingerprint density at radius 2 is 2.00 bits per heavy atom. The van der Waals surface area contributed by atoms with Crippen LogP contribution in [0.15, 0.2) is 40.6 Å². The molecule has 2 atom stereocenters. The van der Waals surface area contributed by atoms with Gasteiger partial charge in [-0.2, -0.15) is 16.1 Å². The van der Waals surface area contributed by atoms with Gasteiger partial charge in [-0.25, -0.2) is 8.42 Å². The molecule has 2 aliphatic rings. The maximum absolute atomic E-state index is 13.3. The molecule has 0 bridgehead atoms. The Labute approximate surface area is 152 Å². The molecule has 0 saturated carbocycles. The molecule has 1 fully saturated rings. The highest BCUT2D eigenvalue weighted by Gasteiger charge is 2.41. The number of thiophene rings is 1. The highest BCUT2D eigenvalue weighted by Crippen LogP contribution is 2.44. The van der Waals surface area contributed by atoms with Gasteiger partial charge in [0.25, 0.3) is 10.0 Å². The number of fused-ring (bicyclic) bond motifs is 1. The van der Waals surface area contributed by atoms with Gasteiger partial charge >= 0.3 is 0 Å². The average Bonchev–Trinajstić information content (AvgIpc) is 3.25. The van der Waals surface area contributed by atoms with Crippen LogP contribution < -0.4 is 0 Å². The molecule has 2 unspecified atom stereocenters. The van der Waals surface area contributed by atoms with Crippen LogP contribution in [0.4, 0.5) is 0 Å². The third-order valence-electron chi connectivity index (χ3n) is 4.98. The second-order valence-electron chi connectivity index (χ2n) is 6.50. The summed E-state index contributed by atoms with van der Waals surface area (Å²) in [5.41, 5.74) is 2.53. The molecule has 0 radical (unpaired) electrons. The Kier molecular flexibility index (Phi) is 4.49. The van der Waals surface area contributed by atoms with Gasteiger partial charge in [-0.05, 0) is 60.4 Å². The van der Waals surface area contributed by atoms with Crippen molar-refractivity contribution in [1.29, 1.82) is 0 Å². The van der Waals surface area contributed by atoms with Gasteiger partial charge in [0.1, 0.15) is 4.21 Å². The summed E-state index contributed by atoms with van der Waals surface area (Å²) in [6.07, 6.45) is 1.90. The fraction of sp³-hybridized carbons (Fsp3) is 0.444. The summed E-state index contributed by atoms with van der Waals surface area (Å²) in [4.78, 5) is 1.04. The lowest BCUT2D eigenvalue weighted by atomic mass is 9.86. The fourth-order valence-electron chi connectivity index (χ4n) is 3.80. The number of hydrogen-bond acceptors (Lipinski definition) is 4. The van der Waals surface area contributed by atoms with E-state index in [1.165, 1.54) is 22.5 Å². The van der Waals surface area contributed by atoms with Crippen LogP contribution in [0.25, 0.3) is 0 Å². The van der Waals surface area contributed by atoms with Gasteiger partial charge < -0.3 is 0 Å². The van der Waals surface area contributed by atoms with Crippen LogP contribution >= 0.6 is 23.1 Å². The Morgan fingerprint density at radius 3 is 2.71 bits per heavy atom. The third-order valence-corrected chi connectivity index (χ3v) is 9.51. The number of aryl methyl sites for hydroxylation is 1. The summed E-state index contributed by atoms with van der Waals surface area (Å²) in [6.45, 7) is 2.54. The van der Waals surface area contributed by atoms with E-state index in [0.29, 0.717) is 16.7 Å². The summed E-state index contributed by atoms with van der Waals surface area (Å²) in [5, 5.41) is 0. The van der Waals surface area contributed by atoms with Gasteiger partial charge in [0.15, 0.2) is 0 Å². The summed E-state index contributed by atoms with van der Waals surface area (Å²) in [5.74, 6) is 2.59. The number of nitrogens with zero attached hydrogens (tertiary/aromatic N) is 1. The van der Waals surface area contributed by atoms with Crippen LogP contribution in [0.1, 0.15) is 28.5 Å². The molecule has 24 heavy (non-hydrogen) atoms. The zero-order valence-corrected chi connectivity index (χ0v) is 16.1. The molecule has 1 saturated heterocycles. The van der Waals surface area contributed by atoms with E-state index in [2.05, 4.69) is 18.2 Å². The fourth-order valence-corrected chi connectivity index (χ4v) is 8.17. The molecule has 0 spiro atoms. The molecule has 1 aromatic heterocycles. The number of benzene rings is 1. The van der Waals surface area contributed by atoms with Crippen molar-refractivity contribution < 1.29 is 8.42 Å². The summed E-state index contributed by atoms with van der Waals surface area (Å²) >= 11 is 3.32. The summed E-state index contributed by atoms with van der Waals surface area (Å²) in [7, 11) is -3.43. The minimum absolute atomic E-state index is 0.0163. The van der Waals surface area contributed by atoms with Crippen LogP contribution in [0, 0.1) is 12.8 Å². The standard InChI is InChI=1S/C18H21NO2S3/c1-13-6-7-17(23-13)24(20,21)19-10-8-14-4-2-3-5-16(14)18(19)15-9-11-22-12-15/h2-7,15,18H,8-12H2,1H3. The maximum atomic E-state index is 13.3. The Morgan fingerprint density at radius 1 is 1.17 bits per heavy atom. The van der Waals surface area contributed by atoms with Crippen LogP contribution in [-0.2, 0) is 16.4 Å². The predicted octanol–water partition coefficient (Wildman–Crippen LogP) is 4.10. The van der Waals surface area contributed by atoms with E-state index in [1.54, 1.807) is 10.4 Å². The number of rotatable bonds is 3. The molecule has 0 N–H and O–H groups in total. The predicted molar refractivity (Wildman–Crippen MR) is 101 cm³/mol. The third kappa shape index (κ3) is 2.83. The van der Waals surface area contributed by atoms with Crippen molar-refractivity contribution in [3.63, 3.8) is 0 Å². The molecule has 3 heterocycles. The first-order valence-corrected chi connectivity index (χ1v) is 11.7. The maximum Gasteiger partial charge on any atom is 0.253 e. The van der Waals surface area contributed by atoms with Gasteiger partial charge in [-0.3, -0.25) is 0 Å². The number of hydrogen-bond donors (Lipinski definition) is 0. The van der Waals surface area contributed by atoms with Crippen LogP contribution in [0.3, 0.4) is 0 Å². The van der Waals surface area contributed by atoms with Crippen molar-refractivity contribution in [2.45, 2.75) is 30.0 Å². The van der Waals surface area contributed by atoms with E-state index in [4.69, 9.17) is 0 Å². The van der Waals surface area contributed by atoms with Crippen molar-refractivity contribution in [3.8, 4) is 0 Å². The zero-order chi connectivity index (χ0) is 16.7. The quantitative estimate of drug-likeness (QED) is 0.806. The highest BCUT2D eigenvalue weighted by atomic mass is 32.2. The van der Waals surface area contributed by atoms with E-state index in [-0.39, 0.29) is 6.04 Å². The van der Waals surface area contributed by atoms with Crippen molar-refractivity contribution >= 4 is 33.1 Å². The Hall–Kier alpha value is -0.820. The van der Waals surface area contributed by atoms with Crippen molar-refractivity contribution in [3.05, 3.63) is 52.4 Å². The molecule has 3 nitrogen and oxygen atoms in total. The molecule has 6 heteroatoms. The van der Waals surface area contributed by atoms with Gasteiger partial charge in [0.05, 0.1) is 6.04 Å². The molecule has 0 aliphatic carbocycles. The molecule has 2 aromatic rings. The highest BCUT2D eigenvalue weighted by molar-refractivity contribution is 7.99. The summed E-state index contributed by atoms with van der Waals surface area (Å²) < 4.78 is 28.9. The number of thioether (sulfide) groups is 1. The normalized spacial score (nSPS) is 24.9. The van der Waals surface area contributed by atoms with Crippen LogP contribution in [-0.4, -0.2) is 30.8 Å². The monoisotopic (exact) mass is 379 g/mol. The average molecular weight is 380 g/mol. The minimum atomic E-state index is -3.43. The first kappa shape index (κ1) is 16.6. The minimum Gasteiger partial charge on any atom is -0.206 e. The van der Waals surface area contributed by atoms with Gasteiger partial charge in [0, 0.05) is 11.4 Å². The molecule has 4 rings (SSSR count). The SMILES string of the molecule is Cc1ccc(S(=O)(=O)N2CCc3ccccc3C2C2CCSC2)s1. The van der Waals surface area contributed by atoms with E-state index >= 15 is 0 Å². The topological polar surface area (TPSA) is 37.4 Å². The smallest absolute Gasteiger partial charge is 0.206 e. The van der Waals surface area contributed by atoms with E-state index in [9.17, 15) is 8.42 Å². The lowest BCUT2D eigenvalue weighted by Gasteiger charge is -2.39. The van der Waals surface area contributed by atoms with Gasteiger partial charge in [0.2, 0.25) is 0 Å². The molecule has 0 amide bonds. The Bertz CT molecular complexity index is 837. The largest absolute Gasteiger partial charge is 0.253 e. The summed E-state index contributed by atoms with van der Waals surface area (Å²) in [6, 6.07) is 12.0. The molecular formula is C18H21NO2S3. The first-order chi connectivity index (χ1) is 11.6. The molecular weight excluding hydrogens is 358 g/mol. The molecule has 2 aliphatic heterocycles. The lowest BCUT2D eigenvalue weighted by molar-refractivity contribution is 0.240. The van der Waals surface area contributed by atoms with E-state index in [1.807, 2.05) is 30.8 Å². The van der Waals surface area contributed by atoms with Crippen molar-refractivity contribution in [2.24, 2.45) is 5.92 Å². The van der Waals surface area contributed by atoms with Crippen LogP contribution in [0.5, 0.6) is 0 Å². The number of sulfonamides is 1. The van der Waals surface area contributed by atoms with Crippen LogP contribution in [0.2, 0.25) is 0 Å². The zero-order valence-electron chi connectivity index (χ0n) is 13.6. The van der Waals surface area contributed by atoms with Crippen molar-refractivity contribution in [1.82, 2.24) is 4.31 Å². The Balaban J connectivity index is 1.79. The molecule has 128 valence electrons. The van der Waals surface area contributed by atoms with E-state index in [0.717, 1.165) is 29.2 Å². The first-order valence-electron chi connectivity index (χ1n) is 8.31. The van der Waals surface area contributed by atoms with Gasteiger partial charge in [-0.15, -0.1) is 11.3 Å². The van der Waals surface area contributed by atoms with E-state index < -0.39 is 10.0 Å². The molecule has 1 aromatic carbocycles. The second kappa shape index (κ2) is 6.48. The lowest BCUT2D eigenvalue weighted by Crippen LogP contribution is -2.43.